The molecule has 0 saturated heterocycles. The van der Waals surface area contributed by atoms with Gasteiger partial charge in [-0.15, -0.1) is 0 Å². The van der Waals surface area contributed by atoms with Gasteiger partial charge in [-0.2, -0.15) is 0 Å². The predicted molar refractivity (Wildman–Crippen MR) is 64.4 cm³/mol. The van der Waals surface area contributed by atoms with Gasteiger partial charge in [0.05, 0.1) is 6.42 Å². The molecule has 0 aliphatic carbocycles. The second kappa shape index (κ2) is 7.20. The van der Waals surface area contributed by atoms with Crippen LogP contribution in [0.1, 0.15) is 20.3 Å². The van der Waals surface area contributed by atoms with Crippen molar-refractivity contribution in [1.82, 2.24) is 0 Å². The SMILES string of the molecule is CC.O=C(O)CCP(=O)(O)c1ccccc1. The zero-order valence-electron chi connectivity index (χ0n) is 9.46. The molecule has 1 atom stereocenters. The third-order valence-electron chi connectivity index (χ3n) is 1.79. The van der Waals surface area contributed by atoms with E-state index in [1.165, 1.54) is 12.1 Å². The van der Waals surface area contributed by atoms with Crippen LogP contribution in [0.5, 0.6) is 0 Å². The summed E-state index contributed by atoms with van der Waals surface area (Å²) < 4.78 is 11.6. The highest BCUT2D eigenvalue weighted by molar-refractivity contribution is 7.66. The van der Waals surface area contributed by atoms with Gasteiger partial charge < -0.3 is 10.00 Å². The fourth-order valence-electron chi connectivity index (χ4n) is 1.04. The Kier molecular flexibility index (Phi) is 6.70. The molecule has 0 aromatic heterocycles. The Morgan fingerprint density at radius 3 is 2.19 bits per heavy atom. The van der Waals surface area contributed by atoms with Crippen LogP contribution in [0.25, 0.3) is 0 Å². The van der Waals surface area contributed by atoms with Crippen molar-refractivity contribution in [3.63, 3.8) is 0 Å². The molecule has 0 bridgehead atoms. The number of carboxylic acids is 1. The third kappa shape index (κ3) is 5.10. The van der Waals surface area contributed by atoms with Crippen LogP contribution in [0.4, 0.5) is 0 Å². The number of hydrogen-bond donors (Lipinski definition) is 2. The molecule has 1 aromatic rings. The molecule has 5 heteroatoms. The van der Waals surface area contributed by atoms with E-state index in [1.54, 1.807) is 18.2 Å². The van der Waals surface area contributed by atoms with Gasteiger partial charge in [0.15, 0.2) is 0 Å². The quantitative estimate of drug-likeness (QED) is 0.795. The highest BCUT2D eigenvalue weighted by atomic mass is 31.2. The molecule has 1 rings (SSSR count). The fourth-order valence-corrected chi connectivity index (χ4v) is 2.43. The van der Waals surface area contributed by atoms with Gasteiger partial charge >= 0.3 is 5.97 Å². The molecule has 0 spiro atoms. The van der Waals surface area contributed by atoms with Crippen LogP contribution >= 0.6 is 7.37 Å². The third-order valence-corrected chi connectivity index (χ3v) is 3.72. The maximum absolute atomic E-state index is 11.6. The Hall–Kier alpha value is -1.12. The predicted octanol–water partition coefficient (Wildman–Crippen LogP) is 2.08. The first kappa shape index (κ1) is 14.9. The number of carbonyl (C=O) groups is 1. The van der Waals surface area contributed by atoms with Crippen molar-refractivity contribution in [3.8, 4) is 0 Å². The lowest BCUT2D eigenvalue weighted by atomic mass is 10.4. The van der Waals surface area contributed by atoms with Crippen molar-refractivity contribution in [2.75, 3.05) is 6.16 Å². The van der Waals surface area contributed by atoms with Crippen molar-refractivity contribution >= 4 is 18.6 Å². The summed E-state index contributed by atoms with van der Waals surface area (Å²) in [6, 6.07) is 8.10. The molecule has 2 N–H and O–H groups in total. The summed E-state index contributed by atoms with van der Waals surface area (Å²) in [6.45, 7) is 4.00. The van der Waals surface area contributed by atoms with Crippen LogP contribution in [0.2, 0.25) is 0 Å². The van der Waals surface area contributed by atoms with E-state index < -0.39 is 13.3 Å². The lowest BCUT2D eigenvalue weighted by Crippen LogP contribution is -2.09. The Morgan fingerprint density at radius 2 is 1.75 bits per heavy atom. The Balaban J connectivity index is 0.00000106. The summed E-state index contributed by atoms with van der Waals surface area (Å²) in [5.41, 5.74) is 0. The fraction of sp³-hybridized carbons (Fsp3) is 0.364. The number of benzene rings is 1. The Labute approximate surface area is 95.4 Å². The van der Waals surface area contributed by atoms with Crippen LogP contribution < -0.4 is 5.30 Å². The van der Waals surface area contributed by atoms with E-state index in [9.17, 15) is 14.3 Å². The Morgan fingerprint density at radius 1 is 1.25 bits per heavy atom. The molecule has 0 heterocycles. The van der Waals surface area contributed by atoms with Gasteiger partial charge in [0.2, 0.25) is 7.37 Å². The standard InChI is InChI=1S/C9H11O4P.C2H6/c10-9(11)6-7-14(12,13)8-4-2-1-3-5-8;1-2/h1-5H,6-7H2,(H,10,11)(H,12,13);1-2H3. The normalized spacial score (nSPS) is 13.2. The van der Waals surface area contributed by atoms with E-state index in [4.69, 9.17) is 5.11 Å². The number of carboxylic acid groups (broad SMARTS) is 1. The second-order valence-electron chi connectivity index (χ2n) is 2.90. The molecule has 1 aromatic carbocycles. The van der Waals surface area contributed by atoms with Gasteiger partial charge in [0.25, 0.3) is 0 Å². The van der Waals surface area contributed by atoms with Crippen molar-refractivity contribution in [3.05, 3.63) is 30.3 Å². The summed E-state index contributed by atoms with van der Waals surface area (Å²) in [5.74, 6) is -1.06. The maximum Gasteiger partial charge on any atom is 0.303 e. The van der Waals surface area contributed by atoms with Gasteiger partial charge in [0, 0.05) is 11.5 Å². The lowest BCUT2D eigenvalue weighted by molar-refractivity contribution is -0.136. The van der Waals surface area contributed by atoms with E-state index in [-0.39, 0.29) is 12.6 Å². The molecule has 4 nitrogen and oxygen atoms in total. The maximum atomic E-state index is 11.6. The minimum atomic E-state index is -3.48. The zero-order valence-corrected chi connectivity index (χ0v) is 10.4. The first-order chi connectivity index (χ1) is 7.52. The minimum Gasteiger partial charge on any atom is -0.481 e. The van der Waals surface area contributed by atoms with E-state index >= 15 is 0 Å². The second-order valence-corrected chi connectivity index (χ2v) is 5.27. The van der Waals surface area contributed by atoms with Gasteiger partial charge in [-0.1, -0.05) is 32.0 Å². The molecule has 0 aliphatic rings. The molecule has 1 unspecified atom stereocenters. The number of rotatable bonds is 4. The van der Waals surface area contributed by atoms with Gasteiger partial charge in [0.1, 0.15) is 0 Å². The molecule has 90 valence electrons. The zero-order chi connectivity index (χ0) is 12.6. The van der Waals surface area contributed by atoms with E-state index in [1.807, 2.05) is 13.8 Å². The molecule has 16 heavy (non-hydrogen) atoms. The first-order valence-electron chi connectivity index (χ1n) is 5.11. The van der Waals surface area contributed by atoms with Crippen molar-refractivity contribution in [1.29, 1.82) is 0 Å². The van der Waals surface area contributed by atoms with E-state index in [0.29, 0.717) is 5.30 Å². The van der Waals surface area contributed by atoms with Crippen LogP contribution in [0, 0.1) is 0 Å². The number of aliphatic carboxylic acids is 1. The lowest BCUT2D eigenvalue weighted by Gasteiger charge is -2.09. The summed E-state index contributed by atoms with van der Waals surface area (Å²) >= 11 is 0. The molecular weight excluding hydrogens is 227 g/mol. The summed E-state index contributed by atoms with van der Waals surface area (Å²) in [6.07, 6.45) is -0.505. The van der Waals surface area contributed by atoms with Crippen LogP contribution in [0.15, 0.2) is 30.3 Å². The average Bonchev–Trinajstić information content (AvgIpc) is 2.30. The molecule has 0 amide bonds. The van der Waals surface area contributed by atoms with Gasteiger partial charge in [-0.05, 0) is 12.1 Å². The van der Waals surface area contributed by atoms with Crippen LogP contribution in [0.3, 0.4) is 0 Å². The molecule has 0 fully saturated rings. The van der Waals surface area contributed by atoms with Crippen LogP contribution in [-0.2, 0) is 9.36 Å². The van der Waals surface area contributed by atoms with Crippen LogP contribution in [-0.4, -0.2) is 22.1 Å². The number of hydrogen-bond acceptors (Lipinski definition) is 2. The highest BCUT2D eigenvalue weighted by Gasteiger charge is 2.21. The summed E-state index contributed by atoms with van der Waals surface area (Å²) in [4.78, 5) is 19.8. The monoisotopic (exact) mass is 244 g/mol. The smallest absolute Gasteiger partial charge is 0.303 e. The first-order valence-corrected chi connectivity index (χ1v) is 6.96. The largest absolute Gasteiger partial charge is 0.481 e. The summed E-state index contributed by atoms with van der Waals surface area (Å²) in [5, 5.41) is 8.70. The highest BCUT2D eigenvalue weighted by Crippen LogP contribution is 2.39. The van der Waals surface area contributed by atoms with Gasteiger partial charge in [-0.3, -0.25) is 9.36 Å². The van der Waals surface area contributed by atoms with Crippen molar-refractivity contribution in [2.24, 2.45) is 0 Å². The molecule has 0 radical (unpaired) electrons. The molecular formula is C11H17O4P. The summed E-state index contributed by atoms with van der Waals surface area (Å²) in [7, 11) is -3.48. The van der Waals surface area contributed by atoms with Gasteiger partial charge in [-0.25, -0.2) is 0 Å². The van der Waals surface area contributed by atoms with E-state index in [2.05, 4.69) is 0 Å². The van der Waals surface area contributed by atoms with Crippen molar-refractivity contribution in [2.45, 2.75) is 20.3 Å². The topological polar surface area (TPSA) is 74.6 Å². The average molecular weight is 244 g/mol. The molecule has 0 aliphatic heterocycles. The van der Waals surface area contributed by atoms with Crippen molar-refractivity contribution < 1.29 is 19.4 Å². The molecule has 0 saturated carbocycles. The minimum absolute atomic E-state index is 0.216. The Bertz CT molecular complexity index is 362. The van der Waals surface area contributed by atoms with E-state index in [0.717, 1.165) is 0 Å².